The monoisotopic (exact) mass is 360 g/mol. The Morgan fingerprint density at radius 1 is 1.21 bits per heavy atom. The van der Waals surface area contributed by atoms with Crippen LogP contribution in [0.5, 0.6) is 0 Å². The smallest absolute Gasteiger partial charge is 0.171 e. The van der Waals surface area contributed by atoms with E-state index >= 15 is 0 Å². The molecule has 2 aromatic carbocycles. The van der Waals surface area contributed by atoms with Crippen molar-refractivity contribution >= 4 is 34.8 Å². The maximum absolute atomic E-state index is 13.6. The van der Waals surface area contributed by atoms with Gasteiger partial charge in [-0.05, 0) is 66.0 Å². The molecule has 0 bridgehead atoms. The minimum absolute atomic E-state index is 0.0480. The van der Waals surface area contributed by atoms with Gasteiger partial charge in [0.25, 0.3) is 0 Å². The number of rotatable bonds is 3. The highest BCUT2D eigenvalue weighted by molar-refractivity contribution is 7.99. The lowest BCUT2D eigenvalue weighted by atomic mass is 10.0. The summed E-state index contributed by atoms with van der Waals surface area (Å²) in [5.74, 6) is 1.31. The largest absolute Gasteiger partial charge is 0.356 e. The van der Waals surface area contributed by atoms with Gasteiger partial charge in [0, 0.05) is 16.3 Å². The molecule has 1 heterocycles. The van der Waals surface area contributed by atoms with Gasteiger partial charge in [0.05, 0.1) is 6.04 Å². The molecule has 2 aromatic rings. The summed E-state index contributed by atoms with van der Waals surface area (Å²) in [4.78, 5) is 1.13. The van der Waals surface area contributed by atoms with Crippen LogP contribution >= 0.6 is 24.0 Å². The molecular formula is C19H21FN2S2. The second-order valence-electron chi connectivity index (χ2n) is 6.25. The van der Waals surface area contributed by atoms with Crippen LogP contribution in [0.4, 0.5) is 10.1 Å². The van der Waals surface area contributed by atoms with Crippen molar-refractivity contribution in [3.8, 4) is 0 Å². The fourth-order valence-corrected chi connectivity index (χ4v) is 4.16. The summed E-state index contributed by atoms with van der Waals surface area (Å²) in [6, 6.07) is 13.3. The van der Waals surface area contributed by atoms with Gasteiger partial charge in [-0.25, -0.2) is 4.39 Å². The number of anilines is 1. The van der Waals surface area contributed by atoms with E-state index in [1.165, 1.54) is 11.6 Å². The molecule has 3 rings (SSSR count). The Kier molecular flexibility index (Phi) is 5.41. The lowest BCUT2D eigenvalue weighted by molar-refractivity contribution is 0.587. The molecule has 0 aliphatic carbocycles. The average molecular weight is 361 g/mol. The Morgan fingerprint density at radius 2 is 1.96 bits per heavy atom. The first-order valence-electron chi connectivity index (χ1n) is 8.12. The van der Waals surface area contributed by atoms with Gasteiger partial charge in [-0.2, -0.15) is 0 Å². The number of thioether (sulfide) groups is 1. The Labute approximate surface area is 152 Å². The Balaban J connectivity index is 1.66. The van der Waals surface area contributed by atoms with Crippen LogP contribution in [0.2, 0.25) is 0 Å². The van der Waals surface area contributed by atoms with Crippen molar-refractivity contribution in [2.75, 3.05) is 11.1 Å². The zero-order chi connectivity index (χ0) is 17.1. The maximum atomic E-state index is 13.6. The third-order valence-corrected chi connectivity index (χ3v) is 5.49. The number of halogens is 1. The SMILES string of the molecule is CC(C)c1ccc(NC(=S)N[C@@H]2CCSc3ccc(F)cc32)cc1. The molecular weight excluding hydrogens is 339 g/mol. The van der Waals surface area contributed by atoms with Gasteiger partial charge in [0.2, 0.25) is 0 Å². The summed E-state index contributed by atoms with van der Waals surface area (Å²) in [6.45, 7) is 4.35. The van der Waals surface area contributed by atoms with Gasteiger partial charge >= 0.3 is 0 Å². The molecule has 0 unspecified atom stereocenters. The van der Waals surface area contributed by atoms with Crippen LogP contribution in [0, 0.1) is 5.82 Å². The molecule has 0 spiro atoms. The first kappa shape index (κ1) is 17.2. The standard InChI is InChI=1S/C19H21FN2S2/c1-12(2)13-3-6-15(7-4-13)21-19(23)22-17-9-10-24-18-8-5-14(20)11-16(17)18/h3-8,11-12,17H,9-10H2,1-2H3,(H2,21,22,23)/t17-/m1/s1. The Hall–Kier alpha value is -1.59. The van der Waals surface area contributed by atoms with Crippen molar-refractivity contribution in [1.29, 1.82) is 0 Å². The second-order valence-corrected chi connectivity index (χ2v) is 7.79. The molecule has 1 atom stereocenters. The number of thiocarbonyl (C=S) groups is 1. The number of nitrogens with one attached hydrogen (secondary N) is 2. The fourth-order valence-electron chi connectivity index (χ4n) is 2.79. The van der Waals surface area contributed by atoms with Crippen molar-refractivity contribution < 1.29 is 4.39 Å². The highest BCUT2D eigenvalue weighted by atomic mass is 32.2. The minimum atomic E-state index is -0.203. The third-order valence-electron chi connectivity index (χ3n) is 4.15. The molecule has 1 aliphatic heterocycles. The molecule has 0 saturated carbocycles. The molecule has 5 heteroatoms. The van der Waals surface area contributed by atoms with Crippen LogP contribution in [0.1, 0.15) is 43.4 Å². The Bertz CT molecular complexity index is 729. The fraction of sp³-hybridized carbons (Fsp3) is 0.316. The molecule has 0 amide bonds. The quantitative estimate of drug-likeness (QED) is 0.709. The Morgan fingerprint density at radius 3 is 2.67 bits per heavy atom. The third kappa shape index (κ3) is 4.08. The maximum Gasteiger partial charge on any atom is 0.171 e. The highest BCUT2D eigenvalue weighted by Crippen LogP contribution is 2.36. The summed E-state index contributed by atoms with van der Waals surface area (Å²) in [6.07, 6.45) is 0.926. The van der Waals surface area contributed by atoms with Crippen molar-refractivity contribution in [1.82, 2.24) is 5.32 Å². The minimum Gasteiger partial charge on any atom is -0.356 e. The van der Waals surface area contributed by atoms with Gasteiger partial charge in [-0.1, -0.05) is 26.0 Å². The van der Waals surface area contributed by atoms with Gasteiger partial charge in [0.15, 0.2) is 5.11 Å². The van der Waals surface area contributed by atoms with Gasteiger partial charge in [-0.15, -0.1) is 11.8 Å². The summed E-state index contributed by atoms with van der Waals surface area (Å²) in [5.41, 5.74) is 3.25. The zero-order valence-corrected chi connectivity index (χ0v) is 15.4. The number of hydrogen-bond acceptors (Lipinski definition) is 2. The molecule has 0 radical (unpaired) electrons. The van der Waals surface area contributed by atoms with E-state index in [0.717, 1.165) is 28.3 Å². The summed E-state index contributed by atoms with van der Waals surface area (Å²) in [5, 5.41) is 7.12. The molecule has 2 N–H and O–H groups in total. The number of hydrogen-bond donors (Lipinski definition) is 2. The van der Waals surface area contributed by atoms with Gasteiger partial charge < -0.3 is 10.6 Å². The lowest BCUT2D eigenvalue weighted by Crippen LogP contribution is -2.34. The number of fused-ring (bicyclic) bond motifs is 1. The van der Waals surface area contributed by atoms with Crippen LogP contribution in [0.25, 0.3) is 0 Å². The van der Waals surface area contributed by atoms with Crippen LogP contribution < -0.4 is 10.6 Å². The molecule has 1 aliphatic rings. The first-order valence-corrected chi connectivity index (χ1v) is 9.52. The number of benzene rings is 2. The van der Waals surface area contributed by atoms with E-state index in [9.17, 15) is 4.39 Å². The van der Waals surface area contributed by atoms with E-state index < -0.39 is 0 Å². The van der Waals surface area contributed by atoms with Crippen LogP contribution in [-0.2, 0) is 0 Å². The lowest BCUT2D eigenvalue weighted by Gasteiger charge is -2.27. The zero-order valence-electron chi connectivity index (χ0n) is 13.8. The molecule has 0 fully saturated rings. The molecule has 126 valence electrons. The topological polar surface area (TPSA) is 24.1 Å². The summed E-state index contributed by atoms with van der Waals surface area (Å²) in [7, 11) is 0. The normalized spacial score (nSPS) is 16.6. The van der Waals surface area contributed by atoms with Crippen molar-refractivity contribution in [3.05, 3.63) is 59.4 Å². The summed E-state index contributed by atoms with van der Waals surface area (Å²) < 4.78 is 13.6. The molecule has 24 heavy (non-hydrogen) atoms. The van der Waals surface area contributed by atoms with Crippen LogP contribution in [0.3, 0.4) is 0 Å². The van der Waals surface area contributed by atoms with Gasteiger partial charge in [0.1, 0.15) is 5.82 Å². The van der Waals surface area contributed by atoms with Crippen LogP contribution in [0.15, 0.2) is 47.4 Å². The predicted molar refractivity (Wildman–Crippen MR) is 104 cm³/mol. The van der Waals surface area contributed by atoms with E-state index in [2.05, 4.69) is 36.6 Å². The van der Waals surface area contributed by atoms with E-state index in [-0.39, 0.29) is 11.9 Å². The van der Waals surface area contributed by atoms with Crippen LogP contribution in [-0.4, -0.2) is 10.9 Å². The van der Waals surface area contributed by atoms with Crippen molar-refractivity contribution in [2.45, 2.75) is 37.1 Å². The van der Waals surface area contributed by atoms with Crippen molar-refractivity contribution in [3.63, 3.8) is 0 Å². The molecule has 0 aromatic heterocycles. The van der Waals surface area contributed by atoms with E-state index in [1.54, 1.807) is 17.8 Å². The first-order chi connectivity index (χ1) is 11.5. The van der Waals surface area contributed by atoms with Gasteiger partial charge in [-0.3, -0.25) is 0 Å². The van der Waals surface area contributed by atoms with E-state index in [1.807, 2.05) is 18.2 Å². The summed E-state index contributed by atoms with van der Waals surface area (Å²) >= 11 is 7.21. The van der Waals surface area contributed by atoms with E-state index in [4.69, 9.17) is 12.2 Å². The molecule has 0 saturated heterocycles. The van der Waals surface area contributed by atoms with E-state index in [0.29, 0.717) is 11.0 Å². The van der Waals surface area contributed by atoms with Crippen molar-refractivity contribution in [2.24, 2.45) is 0 Å². The predicted octanol–water partition coefficient (Wildman–Crippen LogP) is 5.47. The second kappa shape index (κ2) is 7.53. The molecule has 2 nitrogen and oxygen atoms in total. The highest BCUT2D eigenvalue weighted by Gasteiger charge is 2.22. The average Bonchev–Trinajstić information content (AvgIpc) is 2.56.